The Morgan fingerprint density at radius 1 is 1.28 bits per heavy atom. The molecule has 2 aromatic rings. The van der Waals surface area contributed by atoms with Gasteiger partial charge in [0.1, 0.15) is 11.6 Å². The van der Waals surface area contributed by atoms with E-state index in [2.05, 4.69) is 17.3 Å². The van der Waals surface area contributed by atoms with Crippen molar-refractivity contribution in [2.75, 3.05) is 11.9 Å². The lowest BCUT2D eigenvalue weighted by Gasteiger charge is -2.22. The Labute approximate surface area is 149 Å². The van der Waals surface area contributed by atoms with Gasteiger partial charge in [-0.2, -0.15) is 5.10 Å². The molecular weight excluding hydrogens is 314 g/mol. The van der Waals surface area contributed by atoms with Crippen molar-refractivity contribution in [3.8, 4) is 5.75 Å². The number of ether oxygens (including phenoxy) is 1. The topological polar surface area (TPSA) is 56.1 Å². The quantitative estimate of drug-likeness (QED) is 0.793. The van der Waals surface area contributed by atoms with E-state index in [4.69, 9.17) is 4.74 Å². The molecule has 5 heteroatoms. The summed E-state index contributed by atoms with van der Waals surface area (Å²) >= 11 is 0. The van der Waals surface area contributed by atoms with Gasteiger partial charge in [0.15, 0.2) is 0 Å². The van der Waals surface area contributed by atoms with E-state index < -0.39 is 0 Å². The fourth-order valence-corrected chi connectivity index (χ4v) is 2.33. The van der Waals surface area contributed by atoms with Crippen LogP contribution in [0, 0.1) is 6.92 Å². The predicted octanol–water partition coefficient (Wildman–Crippen LogP) is 4.39. The summed E-state index contributed by atoms with van der Waals surface area (Å²) < 4.78 is 7.38. The van der Waals surface area contributed by atoms with Crippen LogP contribution in [0.3, 0.4) is 0 Å². The van der Waals surface area contributed by atoms with Crippen LogP contribution in [0.5, 0.6) is 5.75 Å². The first-order valence-corrected chi connectivity index (χ1v) is 8.58. The lowest BCUT2D eigenvalue weighted by molar-refractivity contribution is -0.111. The molecule has 0 fully saturated rings. The van der Waals surface area contributed by atoms with E-state index in [1.807, 2.05) is 62.7 Å². The van der Waals surface area contributed by atoms with Crippen molar-refractivity contribution in [1.29, 1.82) is 0 Å². The van der Waals surface area contributed by atoms with Gasteiger partial charge in [-0.1, -0.05) is 19.1 Å². The van der Waals surface area contributed by atoms with Gasteiger partial charge >= 0.3 is 0 Å². The lowest BCUT2D eigenvalue weighted by atomic mass is 10.1. The number of nitrogens with zero attached hydrogens (tertiary/aromatic N) is 2. The van der Waals surface area contributed by atoms with E-state index >= 15 is 0 Å². The van der Waals surface area contributed by atoms with Gasteiger partial charge in [-0.3, -0.25) is 4.79 Å². The van der Waals surface area contributed by atoms with E-state index in [-0.39, 0.29) is 11.4 Å². The number of anilines is 1. The standard InChI is InChI=1S/C20H27N3O2/c1-6-13-25-17-10-7-16(8-11-17)9-12-19(24)21-18-14-15(2)22-23(18)20(3,4)5/h7-12,14H,6,13H2,1-5H3,(H,21,24)/b12-9+. The molecule has 0 spiro atoms. The zero-order valence-electron chi connectivity index (χ0n) is 15.7. The van der Waals surface area contributed by atoms with E-state index in [0.29, 0.717) is 12.4 Å². The number of nitrogens with one attached hydrogen (secondary N) is 1. The molecular formula is C20H27N3O2. The van der Waals surface area contributed by atoms with Gasteiger partial charge in [-0.25, -0.2) is 4.68 Å². The van der Waals surface area contributed by atoms with Crippen LogP contribution in [0.25, 0.3) is 6.08 Å². The monoisotopic (exact) mass is 341 g/mol. The van der Waals surface area contributed by atoms with Crippen LogP contribution in [0.15, 0.2) is 36.4 Å². The average Bonchev–Trinajstić information content (AvgIpc) is 2.92. The van der Waals surface area contributed by atoms with Crippen LogP contribution in [-0.2, 0) is 10.3 Å². The summed E-state index contributed by atoms with van der Waals surface area (Å²) in [4.78, 5) is 12.2. The fourth-order valence-electron chi connectivity index (χ4n) is 2.33. The Morgan fingerprint density at radius 2 is 1.96 bits per heavy atom. The van der Waals surface area contributed by atoms with Crippen molar-refractivity contribution in [3.63, 3.8) is 0 Å². The third-order valence-electron chi connectivity index (χ3n) is 3.50. The van der Waals surface area contributed by atoms with E-state index in [1.165, 1.54) is 6.08 Å². The molecule has 0 aliphatic rings. The SMILES string of the molecule is CCCOc1ccc(/C=C/C(=O)Nc2cc(C)nn2C(C)(C)C)cc1. The van der Waals surface area contributed by atoms with Gasteiger partial charge in [-0.05, 0) is 57.9 Å². The number of aryl methyl sites for hydroxylation is 1. The van der Waals surface area contributed by atoms with Crippen LogP contribution in [0.2, 0.25) is 0 Å². The third-order valence-corrected chi connectivity index (χ3v) is 3.50. The summed E-state index contributed by atoms with van der Waals surface area (Å²) in [6.07, 6.45) is 4.28. The minimum atomic E-state index is -0.199. The van der Waals surface area contributed by atoms with E-state index in [9.17, 15) is 4.79 Å². The fraction of sp³-hybridized carbons (Fsp3) is 0.400. The van der Waals surface area contributed by atoms with Gasteiger partial charge < -0.3 is 10.1 Å². The van der Waals surface area contributed by atoms with Crippen LogP contribution in [-0.4, -0.2) is 22.3 Å². The molecule has 2 rings (SSSR count). The molecule has 1 aromatic carbocycles. The molecule has 1 amide bonds. The number of carbonyl (C=O) groups is 1. The zero-order valence-corrected chi connectivity index (χ0v) is 15.7. The molecule has 1 N–H and O–H groups in total. The van der Waals surface area contributed by atoms with Crippen molar-refractivity contribution in [1.82, 2.24) is 9.78 Å². The summed E-state index contributed by atoms with van der Waals surface area (Å²) in [6.45, 7) is 10.8. The average molecular weight is 341 g/mol. The minimum Gasteiger partial charge on any atom is -0.494 e. The largest absolute Gasteiger partial charge is 0.494 e. The number of benzene rings is 1. The molecule has 25 heavy (non-hydrogen) atoms. The molecule has 0 aliphatic heterocycles. The molecule has 0 radical (unpaired) electrons. The molecule has 0 saturated carbocycles. The van der Waals surface area contributed by atoms with Crippen LogP contribution >= 0.6 is 0 Å². The van der Waals surface area contributed by atoms with Crippen molar-refractivity contribution in [2.45, 2.75) is 46.6 Å². The minimum absolute atomic E-state index is 0.184. The first-order valence-electron chi connectivity index (χ1n) is 8.58. The van der Waals surface area contributed by atoms with Crippen molar-refractivity contribution in [2.24, 2.45) is 0 Å². The highest BCUT2D eigenvalue weighted by molar-refractivity contribution is 6.01. The summed E-state index contributed by atoms with van der Waals surface area (Å²) in [5.41, 5.74) is 1.62. The van der Waals surface area contributed by atoms with Crippen LogP contribution in [0.4, 0.5) is 5.82 Å². The van der Waals surface area contributed by atoms with Crippen molar-refractivity contribution in [3.05, 3.63) is 47.7 Å². The number of amides is 1. The normalized spacial score (nSPS) is 11.7. The Bertz CT molecular complexity index is 737. The van der Waals surface area contributed by atoms with Gasteiger partial charge in [0.05, 0.1) is 17.8 Å². The smallest absolute Gasteiger partial charge is 0.249 e. The van der Waals surface area contributed by atoms with Crippen LogP contribution < -0.4 is 10.1 Å². The highest BCUT2D eigenvalue weighted by Gasteiger charge is 2.19. The first kappa shape index (κ1) is 18.8. The number of hydrogen-bond donors (Lipinski definition) is 1. The molecule has 0 saturated heterocycles. The Morgan fingerprint density at radius 3 is 2.56 bits per heavy atom. The molecule has 0 atom stereocenters. The number of rotatable bonds is 6. The van der Waals surface area contributed by atoms with Gasteiger partial charge in [0, 0.05) is 12.1 Å². The van der Waals surface area contributed by atoms with Gasteiger partial charge in [-0.15, -0.1) is 0 Å². The van der Waals surface area contributed by atoms with Gasteiger partial charge in [0.2, 0.25) is 5.91 Å². The summed E-state index contributed by atoms with van der Waals surface area (Å²) in [5.74, 6) is 1.35. The second-order valence-corrected chi connectivity index (χ2v) is 6.99. The summed E-state index contributed by atoms with van der Waals surface area (Å²) in [5, 5.41) is 7.35. The Kier molecular flexibility index (Phi) is 6.02. The molecule has 5 nitrogen and oxygen atoms in total. The molecule has 1 aromatic heterocycles. The summed E-state index contributed by atoms with van der Waals surface area (Å²) in [7, 11) is 0. The number of carbonyl (C=O) groups excluding carboxylic acids is 1. The van der Waals surface area contributed by atoms with Gasteiger partial charge in [0.25, 0.3) is 0 Å². The molecule has 0 aliphatic carbocycles. The maximum atomic E-state index is 12.2. The molecule has 134 valence electrons. The zero-order chi connectivity index (χ0) is 18.4. The molecule has 0 bridgehead atoms. The Hall–Kier alpha value is -2.56. The second kappa shape index (κ2) is 8.01. The maximum Gasteiger partial charge on any atom is 0.249 e. The third kappa shape index (κ3) is 5.48. The van der Waals surface area contributed by atoms with Crippen molar-refractivity contribution < 1.29 is 9.53 Å². The first-order chi connectivity index (χ1) is 11.8. The number of aromatic nitrogens is 2. The maximum absolute atomic E-state index is 12.2. The van der Waals surface area contributed by atoms with Crippen molar-refractivity contribution >= 4 is 17.8 Å². The number of hydrogen-bond acceptors (Lipinski definition) is 3. The van der Waals surface area contributed by atoms with Crippen LogP contribution in [0.1, 0.15) is 45.4 Å². The van der Waals surface area contributed by atoms with E-state index in [1.54, 1.807) is 6.08 Å². The van der Waals surface area contributed by atoms with E-state index in [0.717, 1.165) is 23.4 Å². The molecule has 0 unspecified atom stereocenters. The second-order valence-electron chi connectivity index (χ2n) is 6.99. The Balaban J connectivity index is 2.02. The highest BCUT2D eigenvalue weighted by atomic mass is 16.5. The lowest BCUT2D eigenvalue weighted by Crippen LogP contribution is -2.26. The predicted molar refractivity (Wildman–Crippen MR) is 102 cm³/mol. The highest BCUT2D eigenvalue weighted by Crippen LogP contribution is 2.21. The summed E-state index contributed by atoms with van der Waals surface area (Å²) in [6, 6.07) is 9.55. The molecule has 1 heterocycles.